The van der Waals surface area contributed by atoms with Crippen molar-refractivity contribution in [2.24, 2.45) is 0 Å². The molecule has 0 saturated carbocycles. The quantitative estimate of drug-likeness (QED) is 0.614. The molecule has 1 rings (SSSR count). The maximum atomic E-state index is 12.7. The van der Waals surface area contributed by atoms with Crippen molar-refractivity contribution in [2.45, 2.75) is 33.1 Å². The average Bonchev–Trinajstić information content (AvgIpc) is 2.25. The second-order valence-corrected chi connectivity index (χ2v) is 3.75. The fourth-order valence-electron chi connectivity index (χ4n) is 1.76. The van der Waals surface area contributed by atoms with Gasteiger partial charge < -0.3 is 4.74 Å². The van der Waals surface area contributed by atoms with Crippen LogP contribution in [0, 0.1) is 0 Å². The Hall–Kier alpha value is -1.66. The van der Waals surface area contributed by atoms with Gasteiger partial charge in [0.2, 0.25) is 0 Å². The summed E-state index contributed by atoms with van der Waals surface area (Å²) in [7, 11) is 0. The number of benzene rings is 1. The molecule has 0 radical (unpaired) electrons. The Bertz CT molecular complexity index is 480. The SMILES string of the molecule is CCc1c(C(C)=O)ccc(C(F)(F)F)c1OC(F)F. The molecule has 0 aliphatic heterocycles. The van der Waals surface area contributed by atoms with Gasteiger partial charge in [-0.2, -0.15) is 22.0 Å². The second-order valence-electron chi connectivity index (χ2n) is 3.75. The number of halogens is 5. The lowest BCUT2D eigenvalue weighted by Gasteiger charge is -2.18. The van der Waals surface area contributed by atoms with Crippen LogP contribution >= 0.6 is 0 Å². The van der Waals surface area contributed by atoms with Crippen LogP contribution in [-0.2, 0) is 12.6 Å². The van der Waals surface area contributed by atoms with Gasteiger partial charge in [0.25, 0.3) is 0 Å². The largest absolute Gasteiger partial charge is 0.434 e. The molecular formula is C12H11F5O2. The Morgan fingerprint density at radius 2 is 1.89 bits per heavy atom. The van der Waals surface area contributed by atoms with Crippen LogP contribution < -0.4 is 4.74 Å². The van der Waals surface area contributed by atoms with Gasteiger partial charge in [-0.05, 0) is 19.4 Å². The minimum Gasteiger partial charge on any atom is -0.434 e. The van der Waals surface area contributed by atoms with E-state index >= 15 is 0 Å². The highest BCUT2D eigenvalue weighted by Crippen LogP contribution is 2.40. The second kappa shape index (κ2) is 5.54. The third-order valence-corrected chi connectivity index (χ3v) is 2.51. The first-order valence-electron chi connectivity index (χ1n) is 5.37. The first-order valence-corrected chi connectivity index (χ1v) is 5.37. The van der Waals surface area contributed by atoms with Crippen molar-refractivity contribution < 1.29 is 31.5 Å². The zero-order valence-corrected chi connectivity index (χ0v) is 10.1. The van der Waals surface area contributed by atoms with E-state index in [9.17, 15) is 26.7 Å². The van der Waals surface area contributed by atoms with Gasteiger partial charge in [0.1, 0.15) is 5.75 Å². The highest BCUT2D eigenvalue weighted by molar-refractivity contribution is 5.96. The van der Waals surface area contributed by atoms with Gasteiger partial charge in [0.05, 0.1) is 5.56 Å². The van der Waals surface area contributed by atoms with E-state index in [1.165, 1.54) is 6.92 Å². The number of carbonyl (C=O) groups is 1. The van der Waals surface area contributed by atoms with Crippen molar-refractivity contribution >= 4 is 5.78 Å². The molecule has 0 heterocycles. The maximum Gasteiger partial charge on any atom is 0.419 e. The van der Waals surface area contributed by atoms with E-state index in [4.69, 9.17) is 0 Å². The Morgan fingerprint density at radius 1 is 1.32 bits per heavy atom. The van der Waals surface area contributed by atoms with E-state index < -0.39 is 29.9 Å². The molecule has 1 aromatic carbocycles. The van der Waals surface area contributed by atoms with E-state index in [1.54, 1.807) is 0 Å². The molecule has 0 aliphatic carbocycles. The van der Waals surface area contributed by atoms with Crippen LogP contribution in [0.2, 0.25) is 0 Å². The molecule has 0 aliphatic rings. The Morgan fingerprint density at radius 3 is 2.26 bits per heavy atom. The summed E-state index contributed by atoms with van der Waals surface area (Å²) in [5, 5.41) is 0. The smallest absolute Gasteiger partial charge is 0.419 e. The van der Waals surface area contributed by atoms with E-state index in [1.807, 2.05) is 0 Å². The highest BCUT2D eigenvalue weighted by Gasteiger charge is 2.37. The van der Waals surface area contributed by atoms with Crippen molar-refractivity contribution in [2.75, 3.05) is 0 Å². The lowest BCUT2D eigenvalue weighted by Crippen LogP contribution is -2.15. The van der Waals surface area contributed by atoms with Crippen LogP contribution in [0.15, 0.2) is 12.1 Å². The molecule has 0 bridgehead atoms. The molecular weight excluding hydrogens is 271 g/mol. The van der Waals surface area contributed by atoms with Crippen molar-refractivity contribution in [3.05, 3.63) is 28.8 Å². The summed E-state index contributed by atoms with van der Waals surface area (Å²) in [6.07, 6.45) is -4.86. The van der Waals surface area contributed by atoms with Crippen LogP contribution in [0.5, 0.6) is 5.75 Å². The van der Waals surface area contributed by atoms with E-state index in [2.05, 4.69) is 4.74 Å². The Balaban J connectivity index is 3.55. The van der Waals surface area contributed by atoms with Gasteiger partial charge in [0, 0.05) is 11.1 Å². The van der Waals surface area contributed by atoms with Gasteiger partial charge >= 0.3 is 12.8 Å². The summed E-state index contributed by atoms with van der Waals surface area (Å²) in [6.45, 7) is -0.789. The standard InChI is InChI=1S/C12H11F5O2/c1-3-7-8(6(2)18)4-5-9(12(15,16)17)10(7)19-11(13)14/h4-5,11H,3H2,1-2H3. The van der Waals surface area contributed by atoms with Crippen molar-refractivity contribution in [3.63, 3.8) is 0 Å². The van der Waals surface area contributed by atoms with Gasteiger partial charge in [-0.25, -0.2) is 0 Å². The molecule has 0 unspecified atom stereocenters. The molecule has 0 spiro atoms. The van der Waals surface area contributed by atoms with E-state index in [0.717, 1.165) is 13.0 Å². The minimum atomic E-state index is -4.83. The number of rotatable bonds is 4. The topological polar surface area (TPSA) is 26.3 Å². The Labute approximate surface area is 106 Å². The summed E-state index contributed by atoms with van der Waals surface area (Å²) >= 11 is 0. The van der Waals surface area contributed by atoms with Crippen molar-refractivity contribution in [3.8, 4) is 5.75 Å². The summed E-state index contributed by atoms with van der Waals surface area (Å²) in [6, 6.07) is 1.55. The lowest BCUT2D eigenvalue weighted by molar-refractivity contribution is -0.142. The first-order chi connectivity index (χ1) is 8.68. The number of carbonyl (C=O) groups excluding carboxylic acids is 1. The van der Waals surface area contributed by atoms with Crippen LogP contribution in [0.25, 0.3) is 0 Å². The van der Waals surface area contributed by atoms with Crippen LogP contribution in [-0.4, -0.2) is 12.4 Å². The maximum absolute atomic E-state index is 12.7. The first kappa shape index (κ1) is 15.4. The van der Waals surface area contributed by atoms with Gasteiger partial charge in [0.15, 0.2) is 5.78 Å². The molecule has 1 aromatic rings. The van der Waals surface area contributed by atoms with Crippen LogP contribution in [0.4, 0.5) is 22.0 Å². The predicted octanol–water partition coefficient (Wildman–Crippen LogP) is 4.07. The highest BCUT2D eigenvalue weighted by atomic mass is 19.4. The molecule has 0 aromatic heterocycles. The number of hydrogen-bond acceptors (Lipinski definition) is 2. The monoisotopic (exact) mass is 282 g/mol. The third kappa shape index (κ3) is 3.42. The molecule has 7 heteroatoms. The molecule has 106 valence electrons. The van der Waals surface area contributed by atoms with Crippen molar-refractivity contribution in [1.82, 2.24) is 0 Å². The minimum absolute atomic E-state index is 0.0269. The molecule has 0 fully saturated rings. The zero-order valence-electron chi connectivity index (χ0n) is 10.1. The fraction of sp³-hybridized carbons (Fsp3) is 0.417. The number of hydrogen-bond donors (Lipinski definition) is 0. The Kier molecular flexibility index (Phi) is 4.49. The van der Waals surface area contributed by atoms with Gasteiger partial charge in [-0.15, -0.1) is 0 Å². The summed E-state index contributed by atoms with van der Waals surface area (Å²) in [4.78, 5) is 11.3. The van der Waals surface area contributed by atoms with Crippen molar-refractivity contribution in [1.29, 1.82) is 0 Å². The molecule has 0 atom stereocenters. The zero-order chi connectivity index (χ0) is 14.8. The molecule has 0 N–H and O–H groups in total. The summed E-state index contributed by atoms with van der Waals surface area (Å²) in [5.74, 6) is -1.48. The number of ether oxygens (including phenoxy) is 1. The fourth-order valence-corrected chi connectivity index (χ4v) is 1.76. The van der Waals surface area contributed by atoms with Gasteiger partial charge in [-0.1, -0.05) is 13.0 Å². The summed E-state index contributed by atoms with van der Waals surface area (Å²) in [5.41, 5.74) is -1.52. The molecule has 0 saturated heterocycles. The number of Topliss-reactive ketones (excluding diaryl/α,β-unsaturated/α-hetero) is 1. The van der Waals surface area contributed by atoms with Crippen LogP contribution in [0.3, 0.4) is 0 Å². The average molecular weight is 282 g/mol. The number of ketones is 1. The van der Waals surface area contributed by atoms with E-state index in [-0.39, 0.29) is 17.5 Å². The molecule has 19 heavy (non-hydrogen) atoms. The lowest BCUT2D eigenvalue weighted by atomic mass is 9.97. The normalized spacial score (nSPS) is 11.8. The number of alkyl halides is 5. The van der Waals surface area contributed by atoms with Gasteiger partial charge in [-0.3, -0.25) is 4.79 Å². The summed E-state index contributed by atoms with van der Waals surface area (Å²) < 4.78 is 66.7. The molecule has 2 nitrogen and oxygen atoms in total. The van der Waals surface area contributed by atoms with Crippen LogP contribution in [0.1, 0.15) is 35.3 Å². The predicted molar refractivity (Wildman–Crippen MR) is 57.5 cm³/mol. The third-order valence-electron chi connectivity index (χ3n) is 2.51. The molecule has 0 amide bonds. The van der Waals surface area contributed by atoms with E-state index in [0.29, 0.717) is 6.07 Å².